The van der Waals surface area contributed by atoms with Crippen molar-refractivity contribution in [3.05, 3.63) is 72.9 Å². The summed E-state index contributed by atoms with van der Waals surface area (Å²) in [5.41, 5.74) is 0. The van der Waals surface area contributed by atoms with E-state index in [-0.39, 0.29) is 31.1 Å². The van der Waals surface area contributed by atoms with E-state index in [1.807, 2.05) is 0 Å². The number of hydrogen-bond donors (Lipinski definition) is 0. The molecule has 64 heavy (non-hydrogen) atoms. The number of carbonyl (C=O) groups is 3. The van der Waals surface area contributed by atoms with Crippen LogP contribution in [0.1, 0.15) is 258 Å². The molecule has 1 unspecified atom stereocenters. The van der Waals surface area contributed by atoms with E-state index in [2.05, 4.69) is 93.7 Å². The minimum atomic E-state index is -0.781. The highest BCUT2D eigenvalue weighted by Crippen LogP contribution is 2.15. The van der Waals surface area contributed by atoms with Gasteiger partial charge in [-0.15, -0.1) is 0 Å². The average Bonchev–Trinajstić information content (AvgIpc) is 3.29. The summed E-state index contributed by atoms with van der Waals surface area (Å²) in [6.07, 6.45) is 66.0. The second-order valence-corrected chi connectivity index (χ2v) is 17.8. The maximum Gasteiger partial charge on any atom is 0.306 e. The second kappa shape index (κ2) is 52.5. The third kappa shape index (κ3) is 49.9. The number of ether oxygens (including phenoxy) is 3. The quantitative estimate of drug-likeness (QED) is 0.0262. The molecule has 0 saturated carbocycles. The van der Waals surface area contributed by atoms with Crippen LogP contribution in [0, 0.1) is 0 Å². The molecule has 0 fully saturated rings. The van der Waals surface area contributed by atoms with Gasteiger partial charge in [0.25, 0.3) is 0 Å². The van der Waals surface area contributed by atoms with Gasteiger partial charge in [0.1, 0.15) is 13.2 Å². The molecule has 1 atom stereocenters. The molecule has 0 radical (unpaired) electrons. The van der Waals surface area contributed by atoms with Crippen LogP contribution >= 0.6 is 0 Å². The predicted octanol–water partition coefficient (Wildman–Crippen LogP) is 17.8. The van der Waals surface area contributed by atoms with Gasteiger partial charge in [-0.05, 0) is 89.9 Å². The molecule has 0 aliphatic carbocycles. The molecular formula is C58H100O6. The lowest BCUT2D eigenvalue weighted by atomic mass is 10.1. The van der Waals surface area contributed by atoms with Crippen LogP contribution in [0.5, 0.6) is 0 Å². The molecule has 0 N–H and O–H groups in total. The Balaban J connectivity index is 4.31. The Morgan fingerprint density at radius 3 is 1.00 bits per heavy atom. The summed E-state index contributed by atoms with van der Waals surface area (Å²) in [5, 5.41) is 0. The van der Waals surface area contributed by atoms with Crippen LogP contribution in [-0.4, -0.2) is 37.2 Å². The smallest absolute Gasteiger partial charge is 0.306 e. The van der Waals surface area contributed by atoms with Crippen molar-refractivity contribution in [3.63, 3.8) is 0 Å². The fourth-order valence-electron chi connectivity index (χ4n) is 7.40. The Kier molecular flexibility index (Phi) is 49.9. The van der Waals surface area contributed by atoms with Crippen LogP contribution < -0.4 is 0 Å². The fourth-order valence-corrected chi connectivity index (χ4v) is 7.40. The molecule has 0 aliphatic heterocycles. The zero-order valence-corrected chi connectivity index (χ0v) is 42.0. The van der Waals surface area contributed by atoms with E-state index < -0.39 is 6.10 Å². The van der Waals surface area contributed by atoms with Gasteiger partial charge in [0.2, 0.25) is 0 Å². The standard InChI is InChI=1S/C58H100O6/c1-4-7-10-13-16-19-22-24-25-26-27-28-29-30-31-32-33-34-37-39-42-45-48-51-57(60)63-54-55(53-62-56(59)50-47-44-41-38-35-21-18-15-12-9-6-3)64-58(61)52-49-46-43-40-36-23-20-17-14-11-8-5-2/h7,10,16-17,19-20,24-25,27-28,30-31,55H,4-6,8-9,11-15,18,21-23,26,29,32-54H2,1-3H3/b10-7-,19-16-,20-17-,25-24-,28-27-,31-30-. The Morgan fingerprint density at radius 1 is 0.328 bits per heavy atom. The maximum absolute atomic E-state index is 12.8. The lowest BCUT2D eigenvalue weighted by molar-refractivity contribution is -0.167. The van der Waals surface area contributed by atoms with Crippen molar-refractivity contribution in [2.75, 3.05) is 13.2 Å². The normalized spacial score (nSPS) is 12.6. The summed E-state index contributed by atoms with van der Waals surface area (Å²) in [7, 11) is 0. The predicted molar refractivity (Wildman–Crippen MR) is 274 cm³/mol. The molecular weight excluding hydrogens is 793 g/mol. The monoisotopic (exact) mass is 893 g/mol. The molecule has 0 aromatic rings. The van der Waals surface area contributed by atoms with Crippen molar-refractivity contribution in [1.29, 1.82) is 0 Å². The molecule has 0 spiro atoms. The van der Waals surface area contributed by atoms with Gasteiger partial charge in [0.15, 0.2) is 6.10 Å². The van der Waals surface area contributed by atoms with E-state index in [9.17, 15) is 14.4 Å². The van der Waals surface area contributed by atoms with Crippen molar-refractivity contribution in [3.8, 4) is 0 Å². The summed E-state index contributed by atoms with van der Waals surface area (Å²) in [4.78, 5) is 38.0. The number of esters is 3. The Hall–Kier alpha value is -3.15. The van der Waals surface area contributed by atoms with E-state index in [1.54, 1.807) is 0 Å². The average molecular weight is 893 g/mol. The van der Waals surface area contributed by atoms with Gasteiger partial charge >= 0.3 is 17.9 Å². The molecule has 0 heterocycles. The third-order valence-electron chi connectivity index (χ3n) is 11.4. The van der Waals surface area contributed by atoms with Crippen molar-refractivity contribution in [1.82, 2.24) is 0 Å². The largest absolute Gasteiger partial charge is 0.462 e. The second-order valence-electron chi connectivity index (χ2n) is 17.8. The van der Waals surface area contributed by atoms with Crippen molar-refractivity contribution in [2.24, 2.45) is 0 Å². The lowest BCUT2D eigenvalue weighted by Gasteiger charge is -2.18. The molecule has 0 aliphatic rings. The molecule has 6 nitrogen and oxygen atoms in total. The summed E-state index contributed by atoms with van der Waals surface area (Å²) in [6, 6.07) is 0. The number of allylic oxidation sites excluding steroid dienone is 12. The molecule has 0 aromatic heterocycles. The lowest BCUT2D eigenvalue weighted by Crippen LogP contribution is -2.30. The van der Waals surface area contributed by atoms with Gasteiger partial charge < -0.3 is 14.2 Å². The van der Waals surface area contributed by atoms with E-state index in [1.165, 1.54) is 109 Å². The molecule has 0 bridgehead atoms. The Morgan fingerprint density at radius 2 is 0.609 bits per heavy atom. The minimum Gasteiger partial charge on any atom is -0.462 e. The highest BCUT2D eigenvalue weighted by atomic mass is 16.6. The summed E-state index contributed by atoms with van der Waals surface area (Å²) < 4.78 is 16.8. The van der Waals surface area contributed by atoms with Gasteiger partial charge in [-0.1, -0.05) is 222 Å². The van der Waals surface area contributed by atoms with Gasteiger partial charge in [-0.3, -0.25) is 14.4 Å². The van der Waals surface area contributed by atoms with E-state index in [4.69, 9.17) is 14.2 Å². The van der Waals surface area contributed by atoms with Crippen LogP contribution in [0.3, 0.4) is 0 Å². The molecule has 0 rings (SSSR count). The molecule has 6 heteroatoms. The molecule has 0 saturated heterocycles. The van der Waals surface area contributed by atoms with Crippen LogP contribution in [0.4, 0.5) is 0 Å². The first-order valence-electron chi connectivity index (χ1n) is 26.9. The van der Waals surface area contributed by atoms with Crippen LogP contribution in [-0.2, 0) is 28.6 Å². The van der Waals surface area contributed by atoms with E-state index >= 15 is 0 Å². The van der Waals surface area contributed by atoms with Crippen LogP contribution in [0.25, 0.3) is 0 Å². The minimum absolute atomic E-state index is 0.0804. The molecule has 0 aromatic carbocycles. The number of carbonyl (C=O) groups excluding carboxylic acids is 3. The number of rotatable bonds is 48. The highest BCUT2D eigenvalue weighted by Gasteiger charge is 2.19. The molecule has 368 valence electrons. The van der Waals surface area contributed by atoms with Gasteiger partial charge in [0.05, 0.1) is 0 Å². The summed E-state index contributed by atoms with van der Waals surface area (Å²) >= 11 is 0. The zero-order valence-electron chi connectivity index (χ0n) is 42.0. The summed E-state index contributed by atoms with van der Waals surface area (Å²) in [5.74, 6) is -0.898. The highest BCUT2D eigenvalue weighted by molar-refractivity contribution is 5.71. The first-order chi connectivity index (χ1) is 31.5. The maximum atomic E-state index is 12.8. The third-order valence-corrected chi connectivity index (χ3v) is 11.4. The van der Waals surface area contributed by atoms with Crippen molar-refractivity contribution >= 4 is 17.9 Å². The van der Waals surface area contributed by atoms with Crippen LogP contribution in [0.2, 0.25) is 0 Å². The topological polar surface area (TPSA) is 78.9 Å². The van der Waals surface area contributed by atoms with Gasteiger partial charge in [-0.25, -0.2) is 0 Å². The zero-order chi connectivity index (χ0) is 46.5. The van der Waals surface area contributed by atoms with Gasteiger partial charge in [-0.2, -0.15) is 0 Å². The number of hydrogen-bond acceptors (Lipinski definition) is 6. The first kappa shape index (κ1) is 60.9. The Labute approximate surface area is 395 Å². The SMILES string of the molecule is CC/C=C\C/C=C\C/C=C\C/C=C\C/C=C\CCCCCCCCCC(=O)OCC(COC(=O)CCCCCCCCCCCCC)OC(=O)CCCCCCC/C=C\CCCCC. The Bertz CT molecular complexity index is 1210. The number of unbranched alkanes of at least 4 members (excludes halogenated alkanes) is 25. The van der Waals surface area contributed by atoms with E-state index in [0.29, 0.717) is 19.3 Å². The van der Waals surface area contributed by atoms with Gasteiger partial charge in [0, 0.05) is 19.3 Å². The van der Waals surface area contributed by atoms with Crippen molar-refractivity contribution < 1.29 is 28.6 Å². The van der Waals surface area contributed by atoms with E-state index in [0.717, 1.165) is 109 Å². The molecule has 0 amide bonds. The summed E-state index contributed by atoms with van der Waals surface area (Å²) in [6.45, 7) is 6.48. The fraction of sp³-hybridized carbons (Fsp3) is 0.741. The van der Waals surface area contributed by atoms with Crippen LogP contribution in [0.15, 0.2) is 72.9 Å². The van der Waals surface area contributed by atoms with Crippen molar-refractivity contribution in [2.45, 2.75) is 264 Å². The first-order valence-corrected chi connectivity index (χ1v) is 26.9.